The third kappa shape index (κ3) is 15.5. The zero-order valence-corrected chi connectivity index (χ0v) is 15.3. The predicted octanol–water partition coefficient (Wildman–Crippen LogP) is 5.29. The molecule has 0 saturated carbocycles. The summed E-state index contributed by atoms with van der Waals surface area (Å²) in [5, 5.41) is 0. The fraction of sp³-hybridized carbons (Fsp3) is 0.800. The minimum atomic E-state index is -6.12. The van der Waals surface area contributed by atoms with E-state index in [-0.39, 0.29) is 32.3 Å². The maximum Gasteiger partial charge on any atom is 2.00 e. The topological polar surface area (TPSA) is 0 Å². The number of hydrogen-bond donors (Lipinski definition) is 0. The maximum absolute atomic E-state index is 11.5. The van der Waals surface area contributed by atoms with Crippen LogP contribution in [-0.4, -0.2) is 51.8 Å². The first-order valence-electron chi connectivity index (χ1n) is 5.26. The van der Waals surface area contributed by atoms with Crippen LogP contribution in [0.5, 0.6) is 0 Å². The minimum absolute atomic E-state index is 0. The smallest absolute Gasteiger partial charge is 0.415 e. The number of rotatable bonds is 3. The average molecular weight is 413 g/mol. The molecule has 0 heterocycles. The third-order valence-electron chi connectivity index (χ3n) is 0.869. The van der Waals surface area contributed by atoms with Gasteiger partial charge in [0.25, 0.3) is 0 Å². The van der Waals surface area contributed by atoms with Gasteiger partial charge in [-0.1, -0.05) is 0 Å². The standard InChI is InChI=1S/C4F8.2C3H9P.Ni/c5-1(6)3(9,10)4(11,12)2(7)8;2*1-4(2)3;/h;2*1-3H3;/q-2;;;+2/p+2. The van der Waals surface area contributed by atoms with Crippen molar-refractivity contribution in [2.24, 2.45) is 0 Å². The van der Waals surface area contributed by atoms with E-state index in [2.05, 4.69) is 40.0 Å². The third-order valence-corrected chi connectivity index (χ3v) is 0.869. The van der Waals surface area contributed by atoms with E-state index in [9.17, 15) is 35.1 Å². The molecule has 0 aromatic carbocycles. The Hall–Kier alpha value is 0.794. The fourth-order valence-electron chi connectivity index (χ4n) is 0.237. The van der Waals surface area contributed by atoms with Crippen LogP contribution in [0.3, 0.4) is 0 Å². The molecule has 0 aliphatic heterocycles. The van der Waals surface area contributed by atoms with E-state index in [0.717, 1.165) is 0 Å². The van der Waals surface area contributed by atoms with Crippen molar-refractivity contribution < 1.29 is 51.6 Å². The van der Waals surface area contributed by atoms with E-state index < -0.39 is 24.7 Å². The monoisotopic (exact) mass is 412 g/mol. The molecular formula is C10H20F8NiP2+2. The van der Waals surface area contributed by atoms with E-state index >= 15 is 0 Å². The largest absolute Gasteiger partial charge is 2.00 e. The molecule has 0 fully saturated rings. The summed E-state index contributed by atoms with van der Waals surface area (Å²) in [6.45, 7) is 13.6. The second kappa shape index (κ2) is 13.3. The maximum atomic E-state index is 11.5. The second-order valence-electron chi connectivity index (χ2n) is 4.67. The molecule has 0 amide bonds. The Morgan fingerprint density at radius 1 is 0.571 bits per heavy atom. The summed E-state index contributed by atoms with van der Waals surface area (Å²) in [7, 11) is 0.241. The Morgan fingerprint density at radius 3 is 0.714 bits per heavy atom. The molecule has 0 aromatic rings. The molecule has 0 spiro atoms. The first kappa shape index (κ1) is 29.8. The summed E-state index contributed by atoms with van der Waals surface area (Å²) in [6.07, 6.45) is -8.11. The van der Waals surface area contributed by atoms with Crippen LogP contribution < -0.4 is 0 Å². The predicted molar refractivity (Wildman–Crippen MR) is 73.0 cm³/mol. The Labute approximate surface area is 132 Å². The molecule has 0 aliphatic rings. The molecule has 0 aliphatic carbocycles. The van der Waals surface area contributed by atoms with Gasteiger partial charge in [-0.25, -0.2) is 17.6 Å². The van der Waals surface area contributed by atoms with Crippen LogP contribution >= 0.6 is 15.8 Å². The van der Waals surface area contributed by atoms with Crippen LogP contribution in [0.4, 0.5) is 35.1 Å². The van der Waals surface area contributed by atoms with Crippen molar-refractivity contribution in [1.82, 2.24) is 0 Å². The second-order valence-corrected chi connectivity index (χ2v) is 10.7. The Bertz CT molecular complexity index is 208. The van der Waals surface area contributed by atoms with Gasteiger partial charge < -0.3 is 17.6 Å². The van der Waals surface area contributed by atoms with Crippen molar-refractivity contribution in [3.05, 3.63) is 12.9 Å². The first-order valence-corrected chi connectivity index (χ1v) is 11.3. The molecule has 134 valence electrons. The Morgan fingerprint density at radius 2 is 0.667 bits per heavy atom. The Kier molecular flexibility index (Phi) is 18.8. The van der Waals surface area contributed by atoms with Gasteiger partial charge >= 0.3 is 16.5 Å². The van der Waals surface area contributed by atoms with Crippen molar-refractivity contribution in [2.45, 2.75) is 11.8 Å². The van der Waals surface area contributed by atoms with Gasteiger partial charge in [0.2, 0.25) is 11.8 Å². The van der Waals surface area contributed by atoms with Gasteiger partial charge in [-0.15, -0.1) is 0 Å². The van der Waals surface area contributed by atoms with Crippen LogP contribution in [0.25, 0.3) is 0 Å². The summed E-state index contributed by atoms with van der Waals surface area (Å²) in [4.78, 5) is 0. The zero-order chi connectivity index (χ0) is 17.3. The van der Waals surface area contributed by atoms with E-state index in [0.29, 0.717) is 0 Å². The van der Waals surface area contributed by atoms with Crippen molar-refractivity contribution in [1.29, 1.82) is 0 Å². The molecule has 0 unspecified atom stereocenters. The Balaban J connectivity index is -0.000000134. The molecule has 0 saturated heterocycles. The van der Waals surface area contributed by atoms with Gasteiger partial charge in [-0.2, -0.15) is 0 Å². The number of halogens is 8. The summed E-state index contributed by atoms with van der Waals surface area (Å²) in [5.74, 6) is -12.2. The molecule has 0 nitrogen and oxygen atoms in total. The van der Waals surface area contributed by atoms with Gasteiger partial charge in [0.05, 0.1) is 12.9 Å². The molecular weight excluding hydrogens is 393 g/mol. The van der Waals surface area contributed by atoms with Gasteiger partial charge in [0.15, 0.2) is 0 Å². The molecule has 0 rings (SSSR count). The zero-order valence-electron chi connectivity index (χ0n) is 12.3. The molecule has 0 aromatic heterocycles. The van der Waals surface area contributed by atoms with Gasteiger partial charge in [-0.05, 0) is 15.8 Å². The summed E-state index contributed by atoms with van der Waals surface area (Å²) < 4.78 is 90.2. The van der Waals surface area contributed by atoms with Crippen LogP contribution in [0.15, 0.2) is 0 Å². The van der Waals surface area contributed by atoms with Crippen LogP contribution in [0, 0.1) is 12.9 Å². The van der Waals surface area contributed by atoms with E-state index in [4.69, 9.17) is 0 Å². The molecule has 0 atom stereocenters. The van der Waals surface area contributed by atoms with Crippen molar-refractivity contribution in [3.63, 3.8) is 0 Å². The molecule has 21 heavy (non-hydrogen) atoms. The molecule has 0 radical (unpaired) electrons. The number of alkyl halides is 4. The average Bonchev–Trinajstić information content (AvgIpc) is 2.14. The normalized spacial score (nSPS) is 11.7. The van der Waals surface area contributed by atoms with E-state index in [1.54, 1.807) is 0 Å². The summed E-state index contributed by atoms with van der Waals surface area (Å²) in [6, 6.07) is 0. The summed E-state index contributed by atoms with van der Waals surface area (Å²) >= 11 is 0. The fourth-order valence-corrected chi connectivity index (χ4v) is 0.237. The van der Waals surface area contributed by atoms with Gasteiger partial charge in [0.1, 0.15) is 0 Å². The van der Waals surface area contributed by atoms with Crippen molar-refractivity contribution in [2.75, 3.05) is 40.0 Å². The first-order chi connectivity index (χ1) is 8.60. The van der Waals surface area contributed by atoms with Crippen molar-refractivity contribution >= 4 is 15.8 Å². The summed E-state index contributed by atoms with van der Waals surface area (Å²) in [5.41, 5.74) is 0. The van der Waals surface area contributed by atoms with Crippen LogP contribution in [-0.2, 0) is 16.5 Å². The van der Waals surface area contributed by atoms with Crippen LogP contribution in [0.2, 0.25) is 0 Å². The van der Waals surface area contributed by atoms with Crippen LogP contribution in [0.1, 0.15) is 0 Å². The molecule has 0 bridgehead atoms. The molecule has 11 heteroatoms. The van der Waals surface area contributed by atoms with E-state index in [1.807, 2.05) is 0 Å². The van der Waals surface area contributed by atoms with Crippen molar-refractivity contribution in [3.8, 4) is 0 Å². The van der Waals surface area contributed by atoms with Gasteiger partial charge in [0, 0.05) is 40.0 Å². The van der Waals surface area contributed by atoms with E-state index in [1.165, 1.54) is 0 Å². The number of hydrogen-bond acceptors (Lipinski definition) is 0. The quantitative estimate of drug-likeness (QED) is 0.256. The SMILES string of the molecule is C[PH+](C)C.C[PH+](C)C.F[C-](F)C(F)(F)C(F)(F)[C-](F)F.[Ni+2]. The minimum Gasteiger partial charge on any atom is -0.415 e. The van der Waals surface area contributed by atoms with Gasteiger partial charge in [-0.3, -0.25) is 0 Å². The molecule has 0 N–H and O–H groups in total.